The number of nitrogens with zero attached hydrogens (tertiary/aromatic N) is 1. The number of para-hydroxylation sites is 2. The molecular weight excluding hydrogens is 351 g/mol. The Bertz CT molecular complexity index is 756. The number of anilines is 1. The number of thioether (sulfide) groups is 1. The fourth-order valence-electron chi connectivity index (χ4n) is 3.00. The maximum absolute atomic E-state index is 14.0. The van der Waals surface area contributed by atoms with Crippen LogP contribution in [0.2, 0.25) is 0 Å². The first-order chi connectivity index (χ1) is 12.7. The minimum absolute atomic E-state index is 0.0738. The standard InChI is InChI=1S/C20H23FN2O2S/c1-2-25-18-10-6-5-9-17(18)22-20(24)23-12-11-19(26-14-13-23)15-7-3-4-8-16(15)21/h3-10,19H,2,11-14H2,1H3,(H,22,24)/t19-/m0/s1. The van der Waals surface area contributed by atoms with Gasteiger partial charge in [-0.15, -0.1) is 0 Å². The molecule has 6 heteroatoms. The topological polar surface area (TPSA) is 41.6 Å². The molecule has 1 N–H and O–H groups in total. The van der Waals surface area contributed by atoms with Crippen LogP contribution in [0.3, 0.4) is 0 Å². The van der Waals surface area contributed by atoms with Gasteiger partial charge in [-0.2, -0.15) is 11.8 Å². The first kappa shape index (κ1) is 18.6. The number of urea groups is 1. The van der Waals surface area contributed by atoms with Crippen molar-refractivity contribution in [3.8, 4) is 5.75 Å². The van der Waals surface area contributed by atoms with Gasteiger partial charge in [-0.05, 0) is 31.5 Å². The molecule has 1 aliphatic rings. The maximum Gasteiger partial charge on any atom is 0.321 e. The van der Waals surface area contributed by atoms with E-state index in [1.165, 1.54) is 6.07 Å². The Labute approximate surface area is 157 Å². The molecule has 1 aliphatic heterocycles. The van der Waals surface area contributed by atoms with Gasteiger partial charge in [0.1, 0.15) is 11.6 Å². The first-order valence-corrected chi connectivity index (χ1v) is 9.87. The molecule has 0 spiro atoms. The smallest absolute Gasteiger partial charge is 0.321 e. The van der Waals surface area contributed by atoms with Crippen LogP contribution in [-0.4, -0.2) is 36.4 Å². The summed E-state index contributed by atoms with van der Waals surface area (Å²) < 4.78 is 19.6. The van der Waals surface area contributed by atoms with Crippen molar-refractivity contribution in [1.29, 1.82) is 0 Å². The van der Waals surface area contributed by atoms with Gasteiger partial charge in [-0.3, -0.25) is 0 Å². The zero-order valence-electron chi connectivity index (χ0n) is 14.8. The molecule has 2 aromatic carbocycles. The van der Waals surface area contributed by atoms with Gasteiger partial charge in [0.25, 0.3) is 0 Å². The molecule has 3 rings (SSSR count). The normalized spacial score (nSPS) is 17.5. The van der Waals surface area contributed by atoms with Crippen molar-refractivity contribution in [3.63, 3.8) is 0 Å². The molecule has 1 fully saturated rings. The third-order valence-corrected chi connectivity index (χ3v) is 5.62. The molecule has 0 unspecified atom stereocenters. The predicted octanol–water partition coefficient (Wildman–Crippen LogP) is 4.94. The summed E-state index contributed by atoms with van der Waals surface area (Å²) in [7, 11) is 0. The Kier molecular flexibility index (Phi) is 6.39. The highest BCUT2D eigenvalue weighted by atomic mass is 32.2. The fourth-order valence-corrected chi connectivity index (χ4v) is 4.26. The van der Waals surface area contributed by atoms with Gasteiger partial charge in [-0.1, -0.05) is 30.3 Å². The van der Waals surface area contributed by atoms with E-state index in [4.69, 9.17) is 4.74 Å². The van der Waals surface area contributed by atoms with Crippen molar-refractivity contribution >= 4 is 23.5 Å². The SMILES string of the molecule is CCOc1ccccc1NC(=O)N1CCS[C@H](c2ccccc2F)CC1. The van der Waals surface area contributed by atoms with Crippen molar-refractivity contribution < 1.29 is 13.9 Å². The number of rotatable bonds is 4. The van der Waals surface area contributed by atoms with Crippen molar-refractivity contribution in [2.45, 2.75) is 18.6 Å². The Hall–Kier alpha value is -2.21. The highest BCUT2D eigenvalue weighted by Gasteiger charge is 2.24. The summed E-state index contributed by atoms with van der Waals surface area (Å²) in [5.74, 6) is 1.27. The van der Waals surface area contributed by atoms with E-state index >= 15 is 0 Å². The third kappa shape index (κ3) is 4.49. The summed E-state index contributed by atoms with van der Waals surface area (Å²) in [6, 6.07) is 14.2. The molecule has 0 aliphatic carbocycles. The lowest BCUT2D eigenvalue weighted by Crippen LogP contribution is -2.36. The van der Waals surface area contributed by atoms with Crippen molar-refractivity contribution in [1.82, 2.24) is 4.90 Å². The van der Waals surface area contributed by atoms with Crippen LogP contribution in [0.5, 0.6) is 5.75 Å². The minimum Gasteiger partial charge on any atom is -0.492 e. The number of hydrogen-bond acceptors (Lipinski definition) is 3. The number of hydrogen-bond donors (Lipinski definition) is 1. The molecule has 2 amide bonds. The second-order valence-corrected chi connectivity index (χ2v) is 7.33. The lowest BCUT2D eigenvalue weighted by Gasteiger charge is -2.22. The highest BCUT2D eigenvalue weighted by molar-refractivity contribution is 7.99. The van der Waals surface area contributed by atoms with Gasteiger partial charge in [0, 0.05) is 29.7 Å². The molecule has 0 radical (unpaired) electrons. The molecule has 1 saturated heterocycles. The van der Waals surface area contributed by atoms with Crippen LogP contribution in [0.15, 0.2) is 48.5 Å². The van der Waals surface area contributed by atoms with E-state index in [1.807, 2.05) is 43.3 Å². The fraction of sp³-hybridized carbons (Fsp3) is 0.350. The second-order valence-electron chi connectivity index (χ2n) is 6.02. The van der Waals surface area contributed by atoms with E-state index in [9.17, 15) is 9.18 Å². The third-order valence-electron chi connectivity index (χ3n) is 4.31. The van der Waals surface area contributed by atoms with Crippen LogP contribution in [-0.2, 0) is 0 Å². The van der Waals surface area contributed by atoms with Crippen LogP contribution < -0.4 is 10.1 Å². The summed E-state index contributed by atoms with van der Waals surface area (Å²) in [5.41, 5.74) is 1.39. The van der Waals surface area contributed by atoms with Gasteiger partial charge < -0.3 is 15.0 Å². The molecule has 0 aromatic heterocycles. The Morgan fingerprint density at radius 2 is 2.00 bits per heavy atom. The average Bonchev–Trinajstić information content (AvgIpc) is 2.90. The summed E-state index contributed by atoms with van der Waals surface area (Å²) in [6.07, 6.45) is 0.728. The van der Waals surface area contributed by atoms with Crippen molar-refractivity contribution in [2.75, 3.05) is 30.8 Å². The number of amides is 2. The van der Waals surface area contributed by atoms with E-state index in [1.54, 1.807) is 22.7 Å². The van der Waals surface area contributed by atoms with Crippen LogP contribution in [0.25, 0.3) is 0 Å². The number of benzene rings is 2. The van der Waals surface area contributed by atoms with E-state index in [2.05, 4.69) is 5.32 Å². The Balaban J connectivity index is 1.64. The van der Waals surface area contributed by atoms with Gasteiger partial charge >= 0.3 is 6.03 Å². The van der Waals surface area contributed by atoms with E-state index in [0.717, 1.165) is 17.7 Å². The molecule has 26 heavy (non-hydrogen) atoms. The summed E-state index contributed by atoms with van der Waals surface area (Å²) in [5, 5.41) is 3.01. The molecule has 1 atom stereocenters. The zero-order chi connectivity index (χ0) is 18.4. The van der Waals surface area contributed by atoms with E-state index < -0.39 is 0 Å². The van der Waals surface area contributed by atoms with Crippen molar-refractivity contribution in [2.24, 2.45) is 0 Å². The van der Waals surface area contributed by atoms with Crippen LogP contribution in [0.4, 0.5) is 14.9 Å². The Morgan fingerprint density at radius 3 is 2.81 bits per heavy atom. The van der Waals surface area contributed by atoms with Gasteiger partial charge in [0.15, 0.2) is 0 Å². The molecular formula is C20H23FN2O2S. The van der Waals surface area contributed by atoms with Crippen molar-refractivity contribution in [3.05, 3.63) is 59.9 Å². The number of halogens is 1. The summed E-state index contributed by atoms with van der Waals surface area (Å²) in [4.78, 5) is 14.5. The molecule has 0 bridgehead atoms. The molecule has 2 aromatic rings. The van der Waals surface area contributed by atoms with Crippen LogP contribution >= 0.6 is 11.8 Å². The van der Waals surface area contributed by atoms with Gasteiger partial charge in [0.2, 0.25) is 0 Å². The zero-order valence-corrected chi connectivity index (χ0v) is 15.6. The van der Waals surface area contributed by atoms with E-state index in [-0.39, 0.29) is 17.1 Å². The monoisotopic (exact) mass is 374 g/mol. The first-order valence-electron chi connectivity index (χ1n) is 8.83. The molecule has 138 valence electrons. The maximum atomic E-state index is 14.0. The number of carbonyl (C=O) groups is 1. The minimum atomic E-state index is -0.173. The van der Waals surface area contributed by atoms with Gasteiger partial charge in [-0.25, -0.2) is 9.18 Å². The quantitative estimate of drug-likeness (QED) is 0.824. The average molecular weight is 374 g/mol. The van der Waals surface area contributed by atoms with Gasteiger partial charge in [0.05, 0.1) is 12.3 Å². The summed E-state index contributed by atoms with van der Waals surface area (Å²) >= 11 is 1.70. The van der Waals surface area contributed by atoms with Crippen LogP contribution in [0.1, 0.15) is 24.2 Å². The lowest BCUT2D eigenvalue weighted by atomic mass is 10.1. The van der Waals surface area contributed by atoms with E-state index in [0.29, 0.717) is 31.1 Å². The number of ether oxygens (including phenoxy) is 1. The Morgan fingerprint density at radius 1 is 1.23 bits per heavy atom. The predicted molar refractivity (Wildman–Crippen MR) is 104 cm³/mol. The number of nitrogens with one attached hydrogen (secondary N) is 1. The van der Waals surface area contributed by atoms with Crippen LogP contribution in [0, 0.1) is 5.82 Å². The molecule has 4 nitrogen and oxygen atoms in total. The second kappa shape index (κ2) is 8.94. The summed E-state index contributed by atoms with van der Waals surface area (Å²) in [6.45, 7) is 3.68. The highest BCUT2D eigenvalue weighted by Crippen LogP contribution is 2.35. The largest absolute Gasteiger partial charge is 0.492 e. The number of carbonyl (C=O) groups excluding carboxylic acids is 1. The molecule has 0 saturated carbocycles. The lowest BCUT2D eigenvalue weighted by molar-refractivity contribution is 0.215. The molecule has 1 heterocycles.